The van der Waals surface area contributed by atoms with Crippen molar-refractivity contribution < 1.29 is 9.18 Å². The first-order chi connectivity index (χ1) is 17.0. The highest BCUT2D eigenvalue weighted by Gasteiger charge is 2.25. The molecule has 6 heteroatoms. The Hall–Kier alpha value is -2.73. The van der Waals surface area contributed by atoms with Gasteiger partial charge in [0.25, 0.3) is 5.91 Å². The number of piperidine rings is 1. The third-order valence-corrected chi connectivity index (χ3v) is 8.01. The average molecular weight is 477 g/mol. The Kier molecular flexibility index (Phi) is 7.19. The van der Waals surface area contributed by atoms with Gasteiger partial charge in [-0.1, -0.05) is 39.2 Å². The number of halogens is 1. The molecule has 35 heavy (non-hydrogen) atoms. The number of hydrogen-bond acceptors (Lipinski definition) is 3. The van der Waals surface area contributed by atoms with Crippen LogP contribution in [0, 0.1) is 17.7 Å². The van der Waals surface area contributed by atoms with Crippen LogP contribution >= 0.6 is 0 Å². The number of imidazole rings is 1. The first kappa shape index (κ1) is 24.0. The predicted octanol–water partition coefficient (Wildman–Crippen LogP) is 6.80. The molecule has 2 heterocycles. The fourth-order valence-electron chi connectivity index (χ4n) is 5.84. The van der Waals surface area contributed by atoms with Crippen LogP contribution < -0.4 is 5.32 Å². The molecule has 1 saturated carbocycles. The second-order valence-electron chi connectivity index (χ2n) is 10.7. The molecular formula is C29H37FN4O. The zero-order valence-corrected chi connectivity index (χ0v) is 21.0. The summed E-state index contributed by atoms with van der Waals surface area (Å²) in [4.78, 5) is 20.3. The van der Waals surface area contributed by atoms with Gasteiger partial charge in [0, 0.05) is 18.2 Å². The van der Waals surface area contributed by atoms with Gasteiger partial charge in [-0.15, -0.1) is 0 Å². The smallest absolute Gasteiger partial charge is 0.257 e. The second kappa shape index (κ2) is 10.5. The van der Waals surface area contributed by atoms with Crippen LogP contribution in [0.15, 0.2) is 42.5 Å². The molecule has 1 saturated heterocycles. The van der Waals surface area contributed by atoms with Crippen LogP contribution in [-0.4, -0.2) is 33.4 Å². The number of hydrogen-bond donors (Lipinski definition) is 1. The molecule has 5 rings (SSSR count). The zero-order valence-electron chi connectivity index (χ0n) is 21.0. The number of likely N-dealkylation sites (tertiary alicyclic amines) is 1. The van der Waals surface area contributed by atoms with E-state index in [-0.39, 0.29) is 11.7 Å². The molecule has 1 N–H and O–H groups in total. The van der Waals surface area contributed by atoms with Crippen LogP contribution in [0.25, 0.3) is 11.0 Å². The Bertz CT molecular complexity index is 1160. The van der Waals surface area contributed by atoms with E-state index in [2.05, 4.69) is 46.8 Å². The molecule has 1 aliphatic carbocycles. The van der Waals surface area contributed by atoms with E-state index < -0.39 is 0 Å². The molecule has 1 amide bonds. The highest BCUT2D eigenvalue weighted by molar-refractivity contribution is 6.04. The molecule has 0 atom stereocenters. The molecule has 2 fully saturated rings. The van der Waals surface area contributed by atoms with Crippen molar-refractivity contribution in [2.45, 2.75) is 71.4 Å². The monoisotopic (exact) mass is 476 g/mol. The first-order valence-corrected chi connectivity index (χ1v) is 13.3. The van der Waals surface area contributed by atoms with Gasteiger partial charge in [0.1, 0.15) is 5.82 Å². The van der Waals surface area contributed by atoms with Crippen molar-refractivity contribution in [2.75, 3.05) is 18.4 Å². The standard InChI is InChI=1S/C29H37FN4O/c1-20(2)22-14-16-33(17-15-22)19-21-8-13-26-27(18-21)34(25-6-4-3-5-7-25)29(31-26)32-28(35)23-9-11-24(30)12-10-23/h8-13,18,20,22,25H,3-7,14-17,19H2,1-2H3,(H,31,32,35). The maximum Gasteiger partial charge on any atom is 0.257 e. The van der Waals surface area contributed by atoms with Gasteiger partial charge in [0.15, 0.2) is 0 Å². The Balaban J connectivity index is 1.41. The van der Waals surface area contributed by atoms with E-state index >= 15 is 0 Å². The molecule has 0 unspecified atom stereocenters. The van der Waals surface area contributed by atoms with Crippen molar-refractivity contribution in [3.05, 3.63) is 59.4 Å². The highest BCUT2D eigenvalue weighted by atomic mass is 19.1. The number of anilines is 1. The Labute approximate surface area is 207 Å². The van der Waals surface area contributed by atoms with Crippen molar-refractivity contribution in [1.29, 1.82) is 0 Å². The van der Waals surface area contributed by atoms with Crippen LogP contribution in [0.3, 0.4) is 0 Å². The van der Waals surface area contributed by atoms with Gasteiger partial charge < -0.3 is 4.57 Å². The molecule has 3 aromatic rings. The number of benzene rings is 2. The van der Waals surface area contributed by atoms with Crippen LogP contribution in [0.4, 0.5) is 10.3 Å². The lowest BCUT2D eigenvalue weighted by atomic mass is 9.86. The molecule has 0 spiro atoms. The lowest BCUT2D eigenvalue weighted by molar-refractivity contribution is 0.102. The Morgan fingerprint density at radius 2 is 1.74 bits per heavy atom. The maximum atomic E-state index is 13.3. The fraction of sp³-hybridized carbons (Fsp3) is 0.517. The molecular weight excluding hydrogens is 439 g/mol. The van der Waals surface area contributed by atoms with Crippen molar-refractivity contribution >= 4 is 22.9 Å². The molecule has 0 bridgehead atoms. The van der Waals surface area contributed by atoms with Gasteiger partial charge in [0.05, 0.1) is 11.0 Å². The van der Waals surface area contributed by atoms with Gasteiger partial charge in [-0.25, -0.2) is 9.37 Å². The van der Waals surface area contributed by atoms with Gasteiger partial charge in [-0.05, 0) is 92.6 Å². The molecule has 186 valence electrons. The second-order valence-corrected chi connectivity index (χ2v) is 10.7. The molecule has 1 aromatic heterocycles. The first-order valence-electron chi connectivity index (χ1n) is 13.3. The van der Waals surface area contributed by atoms with Crippen LogP contribution in [0.2, 0.25) is 0 Å². The lowest BCUT2D eigenvalue weighted by Crippen LogP contribution is -2.34. The minimum Gasteiger partial charge on any atom is -0.307 e. The summed E-state index contributed by atoms with van der Waals surface area (Å²) in [6.45, 7) is 7.94. The number of aromatic nitrogens is 2. The minimum atomic E-state index is -0.350. The quantitative estimate of drug-likeness (QED) is 0.426. The number of carbonyl (C=O) groups excluding carboxylic acids is 1. The average Bonchev–Trinajstić information content (AvgIpc) is 3.22. The lowest BCUT2D eigenvalue weighted by Gasteiger charge is -2.33. The zero-order chi connectivity index (χ0) is 24.4. The molecule has 5 nitrogen and oxygen atoms in total. The number of carbonyl (C=O) groups is 1. The number of fused-ring (bicyclic) bond motifs is 1. The summed E-state index contributed by atoms with van der Waals surface area (Å²) in [5.74, 6) is 1.59. The molecule has 1 aliphatic heterocycles. The third-order valence-electron chi connectivity index (χ3n) is 8.01. The number of nitrogens with one attached hydrogen (secondary N) is 1. The van der Waals surface area contributed by atoms with Gasteiger partial charge in [-0.3, -0.25) is 15.0 Å². The van der Waals surface area contributed by atoms with E-state index in [0.29, 0.717) is 17.6 Å². The summed E-state index contributed by atoms with van der Waals surface area (Å²) in [7, 11) is 0. The largest absolute Gasteiger partial charge is 0.307 e. The van der Waals surface area contributed by atoms with Crippen molar-refractivity contribution in [3.63, 3.8) is 0 Å². The van der Waals surface area contributed by atoms with E-state index in [1.54, 1.807) is 0 Å². The summed E-state index contributed by atoms with van der Waals surface area (Å²) in [6, 6.07) is 12.5. The third kappa shape index (κ3) is 5.43. The van der Waals surface area contributed by atoms with E-state index in [1.807, 2.05) is 0 Å². The van der Waals surface area contributed by atoms with Gasteiger partial charge >= 0.3 is 0 Å². The van der Waals surface area contributed by atoms with Crippen molar-refractivity contribution in [3.8, 4) is 0 Å². The van der Waals surface area contributed by atoms with Crippen LogP contribution in [0.1, 0.15) is 80.8 Å². The summed E-state index contributed by atoms with van der Waals surface area (Å²) in [6.07, 6.45) is 8.40. The minimum absolute atomic E-state index is 0.259. The number of amides is 1. The van der Waals surface area contributed by atoms with E-state index in [0.717, 1.165) is 55.3 Å². The normalized spacial score (nSPS) is 18.4. The summed E-state index contributed by atoms with van der Waals surface area (Å²) < 4.78 is 15.6. The topological polar surface area (TPSA) is 50.2 Å². The summed E-state index contributed by atoms with van der Waals surface area (Å²) >= 11 is 0. The van der Waals surface area contributed by atoms with E-state index in [9.17, 15) is 9.18 Å². The molecule has 2 aromatic carbocycles. The summed E-state index contributed by atoms with van der Waals surface area (Å²) in [5, 5.41) is 3.03. The predicted molar refractivity (Wildman–Crippen MR) is 139 cm³/mol. The van der Waals surface area contributed by atoms with E-state index in [4.69, 9.17) is 4.98 Å². The van der Waals surface area contributed by atoms with Gasteiger partial charge in [-0.2, -0.15) is 0 Å². The van der Waals surface area contributed by atoms with Crippen molar-refractivity contribution in [2.24, 2.45) is 11.8 Å². The molecule has 0 radical (unpaired) electrons. The summed E-state index contributed by atoms with van der Waals surface area (Å²) in [5.41, 5.74) is 3.74. The van der Waals surface area contributed by atoms with Crippen LogP contribution in [0.5, 0.6) is 0 Å². The molecule has 2 aliphatic rings. The number of nitrogens with zero attached hydrogens (tertiary/aromatic N) is 3. The number of rotatable bonds is 6. The van der Waals surface area contributed by atoms with Gasteiger partial charge in [0.2, 0.25) is 5.95 Å². The Morgan fingerprint density at radius 1 is 1.03 bits per heavy atom. The van der Waals surface area contributed by atoms with Crippen molar-refractivity contribution in [1.82, 2.24) is 14.5 Å². The maximum absolute atomic E-state index is 13.3. The SMILES string of the molecule is CC(C)C1CCN(Cc2ccc3nc(NC(=O)c4ccc(F)cc4)n(C4CCCCC4)c3c2)CC1. The van der Waals surface area contributed by atoms with E-state index in [1.165, 1.54) is 61.9 Å². The fourth-order valence-corrected chi connectivity index (χ4v) is 5.84. The van der Waals surface area contributed by atoms with Crippen LogP contribution in [-0.2, 0) is 6.54 Å². The Morgan fingerprint density at radius 3 is 2.43 bits per heavy atom. The highest BCUT2D eigenvalue weighted by Crippen LogP contribution is 2.35.